The number of anilines is 1. The first-order chi connectivity index (χ1) is 16.7. The van der Waals surface area contributed by atoms with Crippen LogP contribution in [-0.4, -0.2) is 47.0 Å². The highest BCUT2D eigenvalue weighted by Gasteiger charge is 2.37. The highest BCUT2D eigenvalue weighted by Crippen LogP contribution is 2.40. The molecule has 0 spiro atoms. The summed E-state index contributed by atoms with van der Waals surface area (Å²) < 4.78 is 70.9. The quantitative estimate of drug-likeness (QED) is 0.377. The number of halogens is 5. The normalized spacial score (nSPS) is 15.3. The van der Waals surface area contributed by atoms with Crippen molar-refractivity contribution in [2.45, 2.75) is 38.9 Å². The summed E-state index contributed by atoms with van der Waals surface area (Å²) in [5.41, 5.74) is 0.324. The summed E-state index contributed by atoms with van der Waals surface area (Å²) in [5.74, 6) is -0.740. The molecule has 0 N–H and O–H groups in total. The Morgan fingerprint density at radius 1 is 1.09 bits per heavy atom. The standard InChI is InChI=1S/C22H19F5N8/c1-3-15-20-32-31-12(2)35(20)16-11-29-21(30-19(16)33(15)9-7-22(25,26)27)34-10-8-28-18(34)13-5-4-6-14(23)17(13)24/h4-6,8,10-11,15H,3,7,9H2,1-2H3/t15-/m1/s1. The Bertz CT molecular complexity index is 1390. The summed E-state index contributed by atoms with van der Waals surface area (Å²) in [6, 6.07) is 3.20. The Balaban J connectivity index is 1.66. The smallest absolute Gasteiger partial charge is 0.344 e. The van der Waals surface area contributed by atoms with Crippen LogP contribution in [0.3, 0.4) is 0 Å². The highest BCUT2D eigenvalue weighted by atomic mass is 19.4. The third kappa shape index (κ3) is 3.90. The van der Waals surface area contributed by atoms with Crippen molar-refractivity contribution < 1.29 is 22.0 Å². The molecule has 1 aromatic carbocycles. The minimum atomic E-state index is -4.37. The van der Waals surface area contributed by atoms with Gasteiger partial charge in [-0.2, -0.15) is 18.2 Å². The fourth-order valence-corrected chi connectivity index (χ4v) is 4.27. The topological polar surface area (TPSA) is 77.5 Å². The van der Waals surface area contributed by atoms with Gasteiger partial charge in [0, 0.05) is 18.9 Å². The lowest BCUT2D eigenvalue weighted by Crippen LogP contribution is -2.38. The van der Waals surface area contributed by atoms with Gasteiger partial charge in [-0.3, -0.25) is 9.13 Å². The van der Waals surface area contributed by atoms with Crippen molar-refractivity contribution in [2.24, 2.45) is 0 Å². The Hall–Kier alpha value is -3.90. The lowest BCUT2D eigenvalue weighted by molar-refractivity contribution is -0.132. The number of alkyl halides is 3. The van der Waals surface area contributed by atoms with Gasteiger partial charge in [-0.05, 0) is 25.5 Å². The fourth-order valence-electron chi connectivity index (χ4n) is 4.27. The number of fused-ring (bicyclic) bond motifs is 3. The molecule has 0 unspecified atom stereocenters. The molecule has 0 radical (unpaired) electrons. The number of benzene rings is 1. The Morgan fingerprint density at radius 3 is 2.63 bits per heavy atom. The van der Waals surface area contributed by atoms with E-state index in [0.717, 1.165) is 6.07 Å². The van der Waals surface area contributed by atoms with Crippen LogP contribution in [0.1, 0.15) is 37.5 Å². The van der Waals surface area contributed by atoms with Gasteiger partial charge in [-0.25, -0.2) is 18.7 Å². The molecule has 1 aliphatic rings. The van der Waals surface area contributed by atoms with Crippen LogP contribution in [-0.2, 0) is 0 Å². The van der Waals surface area contributed by atoms with Crippen LogP contribution in [0.4, 0.5) is 27.8 Å². The van der Waals surface area contributed by atoms with E-state index < -0.39 is 30.3 Å². The number of rotatable bonds is 5. The van der Waals surface area contributed by atoms with Crippen LogP contribution in [0.25, 0.3) is 23.0 Å². The highest BCUT2D eigenvalue weighted by molar-refractivity contribution is 5.64. The molecule has 5 rings (SSSR count). The average Bonchev–Trinajstić information content (AvgIpc) is 3.45. The van der Waals surface area contributed by atoms with Crippen LogP contribution in [0.5, 0.6) is 0 Å². The molecule has 8 nitrogen and oxygen atoms in total. The molecular weight excluding hydrogens is 471 g/mol. The zero-order chi connectivity index (χ0) is 24.9. The Morgan fingerprint density at radius 2 is 1.89 bits per heavy atom. The molecule has 1 atom stereocenters. The van der Waals surface area contributed by atoms with Gasteiger partial charge in [0.15, 0.2) is 23.3 Å². The van der Waals surface area contributed by atoms with Crippen LogP contribution in [0.15, 0.2) is 36.8 Å². The molecule has 0 bridgehead atoms. The van der Waals surface area contributed by atoms with Gasteiger partial charge in [0.25, 0.3) is 0 Å². The van der Waals surface area contributed by atoms with Crippen molar-refractivity contribution in [1.29, 1.82) is 0 Å². The molecule has 1 aliphatic heterocycles. The molecule has 0 amide bonds. The van der Waals surface area contributed by atoms with E-state index in [1.807, 2.05) is 6.92 Å². The monoisotopic (exact) mass is 490 g/mol. The van der Waals surface area contributed by atoms with E-state index in [1.165, 1.54) is 40.2 Å². The predicted octanol–water partition coefficient (Wildman–Crippen LogP) is 4.72. The van der Waals surface area contributed by atoms with E-state index >= 15 is 0 Å². The van der Waals surface area contributed by atoms with Crippen molar-refractivity contribution in [3.05, 3.63) is 60.1 Å². The maximum Gasteiger partial charge on any atom is 0.390 e. The molecule has 4 aromatic rings. The number of imidazole rings is 1. The number of hydrogen-bond donors (Lipinski definition) is 0. The van der Waals surface area contributed by atoms with Gasteiger partial charge < -0.3 is 4.90 Å². The lowest BCUT2D eigenvalue weighted by Gasteiger charge is -2.37. The van der Waals surface area contributed by atoms with Gasteiger partial charge in [0.1, 0.15) is 17.3 Å². The lowest BCUT2D eigenvalue weighted by atomic mass is 10.1. The van der Waals surface area contributed by atoms with E-state index in [1.54, 1.807) is 11.5 Å². The molecule has 0 fully saturated rings. The minimum Gasteiger partial charge on any atom is -0.344 e. The molecule has 13 heteroatoms. The van der Waals surface area contributed by atoms with E-state index in [0.29, 0.717) is 23.8 Å². The third-order valence-corrected chi connectivity index (χ3v) is 5.85. The first-order valence-electron chi connectivity index (χ1n) is 10.8. The second-order valence-corrected chi connectivity index (χ2v) is 8.02. The number of nitrogens with zero attached hydrogens (tertiary/aromatic N) is 8. The van der Waals surface area contributed by atoms with Crippen molar-refractivity contribution in [2.75, 3.05) is 11.4 Å². The van der Waals surface area contributed by atoms with E-state index in [4.69, 9.17) is 0 Å². The molecule has 0 saturated carbocycles. The van der Waals surface area contributed by atoms with E-state index in [2.05, 4.69) is 25.1 Å². The number of aryl methyl sites for hydroxylation is 1. The van der Waals surface area contributed by atoms with Crippen LogP contribution < -0.4 is 4.90 Å². The van der Waals surface area contributed by atoms with Gasteiger partial charge in [-0.15, -0.1) is 10.2 Å². The van der Waals surface area contributed by atoms with Gasteiger partial charge in [-0.1, -0.05) is 13.0 Å². The van der Waals surface area contributed by atoms with Crippen molar-refractivity contribution in [1.82, 2.24) is 34.3 Å². The minimum absolute atomic E-state index is 0.0425. The van der Waals surface area contributed by atoms with Gasteiger partial charge >= 0.3 is 6.18 Å². The largest absolute Gasteiger partial charge is 0.390 e. The Labute approximate surface area is 196 Å². The molecule has 0 aliphatic carbocycles. The van der Waals surface area contributed by atoms with Gasteiger partial charge in [0.2, 0.25) is 5.95 Å². The Kier molecular flexibility index (Phi) is 5.49. The molecule has 35 heavy (non-hydrogen) atoms. The van der Waals surface area contributed by atoms with Crippen LogP contribution in [0, 0.1) is 18.6 Å². The molecule has 0 saturated heterocycles. The van der Waals surface area contributed by atoms with Crippen molar-refractivity contribution in [3.8, 4) is 23.0 Å². The SMILES string of the molecule is CC[C@@H]1c2nnc(C)n2-c2cnc(-n3ccnc3-c3cccc(F)c3F)nc2N1CCC(F)(F)F. The molecular formula is C22H19F5N8. The number of hydrogen-bond acceptors (Lipinski definition) is 6. The molecule has 3 aromatic heterocycles. The first kappa shape index (κ1) is 22.9. The first-order valence-corrected chi connectivity index (χ1v) is 10.8. The van der Waals surface area contributed by atoms with Gasteiger partial charge in [0.05, 0.1) is 24.2 Å². The van der Waals surface area contributed by atoms with E-state index in [-0.39, 0.29) is 29.7 Å². The maximum absolute atomic E-state index is 14.5. The maximum atomic E-state index is 14.5. The summed E-state index contributed by atoms with van der Waals surface area (Å²) in [6.45, 7) is 3.22. The number of aromatic nitrogens is 7. The summed E-state index contributed by atoms with van der Waals surface area (Å²) in [7, 11) is 0. The van der Waals surface area contributed by atoms with E-state index in [9.17, 15) is 22.0 Å². The second kappa shape index (κ2) is 8.40. The zero-order valence-corrected chi connectivity index (χ0v) is 18.6. The fraction of sp³-hybridized carbons (Fsp3) is 0.318. The zero-order valence-electron chi connectivity index (χ0n) is 18.6. The predicted molar refractivity (Wildman–Crippen MR) is 115 cm³/mol. The van der Waals surface area contributed by atoms with Crippen molar-refractivity contribution in [3.63, 3.8) is 0 Å². The summed E-state index contributed by atoms with van der Waals surface area (Å²) in [6.07, 6.45) is -0.671. The van der Waals surface area contributed by atoms with Crippen molar-refractivity contribution >= 4 is 5.82 Å². The third-order valence-electron chi connectivity index (χ3n) is 5.85. The molecule has 182 valence electrons. The molecule has 4 heterocycles. The van der Waals surface area contributed by atoms with Crippen LogP contribution in [0.2, 0.25) is 0 Å². The summed E-state index contributed by atoms with van der Waals surface area (Å²) >= 11 is 0. The average molecular weight is 490 g/mol. The second-order valence-electron chi connectivity index (χ2n) is 8.02. The summed E-state index contributed by atoms with van der Waals surface area (Å²) in [5, 5.41) is 8.29. The van der Waals surface area contributed by atoms with Crippen LogP contribution >= 0.6 is 0 Å². The summed E-state index contributed by atoms with van der Waals surface area (Å²) in [4.78, 5) is 14.6.